The third-order valence-electron chi connectivity index (χ3n) is 3.39. The van der Waals surface area contributed by atoms with Crippen LogP contribution in [0.2, 0.25) is 5.02 Å². The van der Waals surface area contributed by atoms with Gasteiger partial charge in [0.1, 0.15) is 5.82 Å². The molecule has 1 aromatic carbocycles. The molecule has 1 N–H and O–H groups in total. The number of benzene rings is 1. The molecule has 1 aliphatic heterocycles. The molecule has 1 atom stereocenters. The molecule has 1 aromatic rings. The zero-order valence-electron chi connectivity index (χ0n) is 11.0. The van der Waals surface area contributed by atoms with E-state index in [0.29, 0.717) is 17.1 Å². The first kappa shape index (κ1) is 14.3. The van der Waals surface area contributed by atoms with E-state index in [0.717, 1.165) is 25.9 Å². The van der Waals surface area contributed by atoms with E-state index in [9.17, 15) is 9.18 Å². The van der Waals surface area contributed by atoms with Crippen LogP contribution >= 0.6 is 11.6 Å². The van der Waals surface area contributed by atoms with Gasteiger partial charge >= 0.3 is 0 Å². The average Bonchev–Trinajstić information content (AvgIpc) is 2.92. The van der Waals surface area contributed by atoms with Crippen molar-refractivity contribution >= 4 is 17.5 Å². The minimum atomic E-state index is -0.309. The van der Waals surface area contributed by atoms with E-state index in [1.54, 1.807) is 6.07 Å². The lowest BCUT2D eigenvalue weighted by Crippen LogP contribution is -2.43. The first-order valence-electron chi connectivity index (χ1n) is 6.54. The maximum absolute atomic E-state index is 13.5. The first-order chi connectivity index (χ1) is 9.08. The molecule has 3 nitrogen and oxygen atoms in total. The van der Waals surface area contributed by atoms with Gasteiger partial charge in [-0.15, -0.1) is 0 Å². The van der Waals surface area contributed by atoms with Gasteiger partial charge in [0.25, 0.3) is 0 Å². The van der Waals surface area contributed by atoms with Crippen LogP contribution in [0.25, 0.3) is 0 Å². The van der Waals surface area contributed by atoms with Gasteiger partial charge in [-0.2, -0.15) is 0 Å². The van der Waals surface area contributed by atoms with Crippen molar-refractivity contribution < 1.29 is 9.18 Å². The topological polar surface area (TPSA) is 32.3 Å². The van der Waals surface area contributed by atoms with E-state index in [2.05, 4.69) is 5.32 Å². The molecule has 1 aliphatic rings. The van der Waals surface area contributed by atoms with Crippen LogP contribution in [0.3, 0.4) is 0 Å². The fourth-order valence-electron chi connectivity index (χ4n) is 2.24. The maximum Gasteiger partial charge on any atom is 0.239 e. The van der Waals surface area contributed by atoms with Crippen molar-refractivity contribution in [3.05, 3.63) is 34.6 Å². The monoisotopic (exact) mass is 284 g/mol. The molecule has 104 valence electrons. The maximum atomic E-state index is 13.5. The first-order valence-corrected chi connectivity index (χ1v) is 6.92. The summed E-state index contributed by atoms with van der Waals surface area (Å²) in [6.45, 7) is 3.77. The number of amides is 1. The van der Waals surface area contributed by atoms with Crippen molar-refractivity contribution in [3.63, 3.8) is 0 Å². The van der Waals surface area contributed by atoms with E-state index in [1.807, 2.05) is 11.8 Å². The summed E-state index contributed by atoms with van der Waals surface area (Å²) in [6, 6.07) is 4.12. The van der Waals surface area contributed by atoms with Crippen molar-refractivity contribution in [3.8, 4) is 0 Å². The van der Waals surface area contributed by atoms with Crippen LogP contribution < -0.4 is 5.32 Å². The van der Waals surface area contributed by atoms with Gasteiger partial charge in [0.2, 0.25) is 5.91 Å². The second kappa shape index (κ2) is 6.35. The highest BCUT2D eigenvalue weighted by molar-refractivity contribution is 6.30. The molecule has 1 amide bonds. The minimum absolute atomic E-state index is 0.0833. The smallest absolute Gasteiger partial charge is 0.239 e. The summed E-state index contributed by atoms with van der Waals surface area (Å²) >= 11 is 5.83. The van der Waals surface area contributed by atoms with Gasteiger partial charge in [-0.1, -0.05) is 11.6 Å². The summed E-state index contributed by atoms with van der Waals surface area (Å²) in [5.74, 6) is -0.224. The van der Waals surface area contributed by atoms with Crippen LogP contribution in [0.5, 0.6) is 0 Å². The van der Waals surface area contributed by atoms with Gasteiger partial charge in [-0.05, 0) is 38.0 Å². The van der Waals surface area contributed by atoms with Crippen LogP contribution in [-0.4, -0.2) is 29.9 Å². The highest BCUT2D eigenvalue weighted by Gasteiger charge is 2.22. The van der Waals surface area contributed by atoms with Crippen molar-refractivity contribution in [1.82, 2.24) is 10.2 Å². The second-order valence-corrected chi connectivity index (χ2v) is 5.31. The van der Waals surface area contributed by atoms with Crippen LogP contribution in [0, 0.1) is 5.82 Å². The molecule has 2 rings (SSSR count). The van der Waals surface area contributed by atoms with Gasteiger partial charge in [0, 0.05) is 30.2 Å². The lowest BCUT2D eigenvalue weighted by Gasteiger charge is -2.21. The number of hydrogen-bond acceptors (Lipinski definition) is 2. The predicted molar refractivity (Wildman–Crippen MR) is 73.5 cm³/mol. The Bertz CT molecular complexity index is 461. The SMILES string of the molecule is CC(NCc1cc(Cl)ccc1F)C(=O)N1CCCC1. The molecular formula is C14H18ClFN2O. The molecule has 1 heterocycles. The van der Waals surface area contributed by atoms with Gasteiger partial charge < -0.3 is 10.2 Å². The Labute approximate surface area is 117 Å². The van der Waals surface area contributed by atoms with Gasteiger partial charge in [0.05, 0.1) is 6.04 Å². The summed E-state index contributed by atoms with van der Waals surface area (Å²) in [5, 5.41) is 3.55. The minimum Gasteiger partial charge on any atom is -0.341 e. The van der Waals surface area contributed by atoms with E-state index in [4.69, 9.17) is 11.6 Å². The second-order valence-electron chi connectivity index (χ2n) is 4.87. The Balaban J connectivity index is 1.90. The third-order valence-corrected chi connectivity index (χ3v) is 3.63. The van der Waals surface area contributed by atoms with Crippen LogP contribution in [0.15, 0.2) is 18.2 Å². The highest BCUT2D eigenvalue weighted by Crippen LogP contribution is 2.15. The number of nitrogens with one attached hydrogen (secondary N) is 1. The van der Waals surface area contributed by atoms with E-state index < -0.39 is 0 Å². The van der Waals surface area contributed by atoms with Crippen molar-refractivity contribution in [1.29, 1.82) is 0 Å². The average molecular weight is 285 g/mol. The van der Waals surface area contributed by atoms with Crippen LogP contribution in [0.1, 0.15) is 25.3 Å². The van der Waals surface area contributed by atoms with E-state index in [-0.39, 0.29) is 17.8 Å². The van der Waals surface area contributed by atoms with E-state index >= 15 is 0 Å². The Kier molecular flexibility index (Phi) is 4.77. The molecule has 1 fully saturated rings. The van der Waals surface area contributed by atoms with E-state index in [1.165, 1.54) is 12.1 Å². The Morgan fingerprint density at radius 3 is 2.84 bits per heavy atom. The molecule has 0 bridgehead atoms. The zero-order chi connectivity index (χ0) is 13.8. The third kappa shape index (κ3) is 3.67. The van der Waals surface area contributed by atoms with Crippen LogP contribution in [0.4, 0.5) is 4.39 Å². The normalized spacial score (nSPS) is 16.7. The number of hydrogen-bond donors (Lipinski definition) is 1. The number of likely N-dealkylation sites (tertiary alicyclic amines) is 1. The molecule has 1 saturated heterocycles. The number of carbonyl (C=O) groups is 1. The fourth-order valence-corrected chi connectivity index (χ4v) is 2.44. The molecular weight excluding hydrogens is 267 g/mol. The predicted octanol–water partition coefficient (Wildman–Crippen LogP) is 2.58. The van der Waals surface area contributed by atoms with Crippen molar-refractivity contribution in [2.75, 3.05) is 13.1 Å². The zero-order valence-corrected chi connectivity index (χ0v) is 11.7. The molecule has 0 radical (unpaired) electrons. The molecule has 0 aromatic heterocycles. The quantitative estimate of drug-likeness (QED) is 0.922. The molecule has 0 spiro atoms. The van der Waals surface area contributed by atoms with Crippen molar-refractivity contribution in [2.24, 2.45) is 0 Å². The molecule has 5 heteroatoms. The van der Waals surface area contributed by atoms with Gasteiger partial charge in [-0.3, -0.25) is 4.79 Å². The lowest BCUT2D eigenvalue weighted by atomic mass is 10.2. The Morgan fingerprint density at radius 1 is 1.47 bits per heavy atom. The van der Waals surface area contributed by atoms with Gasteiger partial charge in [-0.25, -0.2) is 4.39 Å². The number of rotatable bonds is 4. The number of carbonyl (C=O) groups excluding carboxylic acids is 1. The largest absolute Gasteiger partial charge is 0.341 e. The summed E-state index contributed by atoms with van der Waals surface area (Å²) in [4.78, 5) is 13.9. The Morgan fingerprint density at radius 2 is 2.16 bits per heavy atom. The summed E-state index contributed by atoms with van der Waals surface area (Å²) in [5.41, 5.74) is 0.480. The molecule has 1 unspecified atom stereocenters. The van der Waals surface area contributed by atoms with Gasteiger partial charge in [0.15, 0.2) is 0 Å². The molecule has 0 aliphatic carbocycles. The van der Waals surface area contributed by atoms with Crippen molar-refractivity contribution in [2.45, 2.75) is 32.4 Å². The fraction of sp³-hybridized carbons (Fsp3) is 0.500. The van der Waals surface area contributed by atoms with Crippen LogP contribution in [-0.2, 0) is 11.3 Å². The Hall–Kier alpha value is -1.13. The molecule has 0 saturated carbocycles. The molecule has 19 heavy (non-hydrogen) atoms. The summed E-state index contributed by atoms with van der Waals surface area (Å²) < 4.78 is 13.5. The lowest BCUT2D eigenvalue weighted by molar-refractivity contribution is -0.131. The highest BCUT2D eigenvalue weighted by atomic mass is 35.5. The summed E-state index contributed by atoms with van der Waals surface area (Å²) in [7, 11) is 0. The summed E-state index contributed by atoms with van der Waals surface area (Å²) in [6.07, 6.45) is 2.14. The number of nitrogens with zero attached hydrogens (tertiary/aromatic N) is 1. The standard InChI is InChI=1S/C14H18ClFN2O/c1-10(14(19)18-6-2-3-7-18)17-9-11-8-12(15)4-5-13(11)16/h4-5,8,10,17H,2-3,6-7,9H2,1H3. The number of halogens is 2.